The highest BCUT2D eigenvalue weighted by Crippen LogP contribution is 2.24. The first-order valence-electron chi connectivity index (χ1n) is 11.5. The van der Waals surface area contributed by atoms with Crippen molar-refractivity contribution in [2.75, 3.05) is 33.1 Å². The van der Waals surface area contributed by atoms with Crippen LogP contribution in [-0.2, 0) is 31.1 Å². The molecule has 0 bridgehead atoms. The summed E-state index contributed by atoms with van der Waals surface area (Å²) < 4.78 is 59.1. The van der Waals surface area contributed by atoms with Crippen molar-refractivity contribution in [3.63, 3.8) is 0 Å². The van der Waals surface area contributed by atoms with Gasteiger partial charge in [-0.15, -0.1) is 0 Å². The Bertz CT molecular complexity index is 1550. The third kappa shape index (κ3) is 5.62. The summed E-state index contributed by atoms with van der Waals surface area (Å²) in [4.78, 5) is 18.0. The highest BCUT2D eigenvalue weighted by molar-refractivity contribution is 7.90. The van der Waals surface area contributed by atoms with Crippen LogP contribution in [0.25, 0.3) is 10.2 Å². The fourth-order valence-corrected chi connectivity index (χ4v) is 7.62. The lowest BCUT2D eigenvalue weighted by Gasteiger charge is -2.30. The Morgan fingerprint density at radius 1 is 1.11 bits per heavy atom. The average molecular weight is 552 g/mol. The topological polar surface area (TPSA) is 115 Å². The first-order chi connectivity index (χ1) is 17.0. The molecule has 36 heavy (non-hydrogen) atoms. The van der Waals surface area contributed by atoms with E-state index >= 15 is 0 Å². The minimum absolute atomic E-state index is 0.151. The number of thiazole rings is 1. The number of piperidine rings is 1. The van der Waals surface area contributed by atoms with E-state index in [1.165, 1.54) is 46.0 Å². The van der Waals surface area contributed by atoms with Crippen LogP contribution >= 0.6 is 11.3 Å². The second-order valence-corrected chi connectivity index (χ2v) is 13.9. The second kappa shape index (κ2) is 10.5. The number of ether oxygens (including phenoxy) is 1. The minimum atomic E-state index is -3.62. The number of amides is 1. The van der Waals surface area contributed by atoms with Gasteiger partial charge in [0, 0.05) is 38.6 Å². The normalized spacial score (nSPS) is 18.1. The van der Waals surface area contributed by atoms with Gasteiger partial charge in [-0.3, -0.25) is 4.79 Å². The Balaban J connectivity index is 1.67. The Morgan fingerprint density at radius 2 is 1.81 bits per heavy atom. The number of carbonyl (C=O) groups excluding carboxylic acids is 1. The zero-order chi connectivity index (χ0) is 26.1. The molecular weight excluding hydrogens is 522 g/mol. The maximum Gasteiger partial charge on any atom is 0.279 e. The van der Waals surface area contributed by atoms with Crippen molar-refractivity contribution in [3.05, 3.63) is 52.8 Å². The highest BCUT2D eigenvalue weighted by atomic mass is 32.2. The molecule has 1 unspecified atom stereocenters. The molecule has 1 fully saturated rings. The maximum absolute atomic E-state index is 13.0. The Kier molecular flexibility index (Phi) is 7.81. The van der Waals surface area contributed by atoms with Crippen molar-refractivity contribution in [2.24, 2.45) is 10.9 Å². The van der Waals surface area contributed by atoms with Crippen LogP contribution < -0.4 is 4.80 Å². The molecule has 1 aliphatic heterocycles. The molecule has 1 atom stereocenters. The van der Waals surface area contributed by atoms with Gasteiger partial charge in [-0.1, -0.05) is 18.3 Å². The molecule has 1 saturated heterocycles. The number of nitrogens with zero attached hydrogens (tertiary/aromatic N) is 3. The average Bonchev–Trinajstić information content (AvgIpc) is 3.18. The summed E-state index contributed by atoms with van der Waals surface area (Å²) in [6.45, 7) is 3.83. The van der Waals surface area contributed by atoms with Crippen LogP contribution in [0.4, 0.5) is 0 Å². The van der Waals surface area contributed by atoms with Gasteiger partial charge in [0.15, 0.2) is 14.6 Å². The molecule has 1 amide bonds. The van der Waals surface area contributed by atoms with Crippen LogP contribution in [0.15, 0.2) is 57.2 Å². The molecule has 2 aromatic carbocycles. The van der Waals surface area contributed by atoms with E-state index in [1.807, 2.05) is 11.5 Å². The summed E-state index contributed by atoms with van der Waals surface area (Å²) >= 11 is 1.21. The van der Waals surface area contributed by atoms with Crippen LogP contribution in [0.3, 0.4) is 0 Å². The predicted octanol–water partition coefficient (Wildman–Crippen LogP) is 2.91. The van der Waals surface area contributed by atoms with E-state index in [-0.39, 0.29) is 15.4 Å². The van der Waals surface area contributed by atoms with E-state index in [0.29, 0.717) is 41.7 Å². The van der Waals surface area contributed by atoms with Gasteiger partial charge in [0.2, 0.25) is 10.0 Å². The molecule has 0 N–H and O–H groups in total. The maximum atomic E-state index is 13.0. The fraction of sp³-hybridized carbons (Fsp3) is 0.417. The lowest BCUT2D eigenvalue weighted by atomic mass is 10.0. The quantitative estimate of drug-likeness (QED) is 0.446. The monoisotopic (exact) mass is 551 g/mol. The number of hydrogen-bond donors (Lipinski definition) is 0. The molecule has 0 radical (unpaired) electrons. The molecule has 4 rings (SSSR count). The Hall–Kier alpha value is -2.38. The van der Waals surface area contributed by atoms with E-state index in [1.54, 1.807) is 19.2 Å². The molecule has 0 aliphatic carbocycles. The van der Waals surface area contributed by atoms with Crippen LogP contribution in [0.1, 0.15) is 30.1 Å². The van der Waals surface area contributed by atoms with Crippen molar-refractivity contribution < 1.29 is 26.4 Å². The number of hydrogen-bond acceptors (Lipinski definition) is 7. The third-order valence-corrected chi connectivity index (χ3v) is 10.2. The minimum Gasteiger partial charge on any atom is -0.383 e. The van der Waals surface area contributed by atoms with Gasteiger partial charge in [-0.05, 0) is 61.2 Å². The van der Waals surface area contributed by atoms with Gasteiger partial charge in [0.05, 0.1) is 26.6 Å². The molecule has 0 spiro atoms. The number of aromatic nitrogens is 1. The van der Waals surface area contributed by atoms with Crippen molar-refractivity contribution in [1.29, 1.82) is 0 Å². The van der Waals surface area contributed by atoms with Crippen LogP contribution in [0.5, 0.6) is 0 Å². The van der Waals surface area contributed by atoms with Crippen molar-refractivity contribution in [3.8, 4) is 0 Å². The number of carbonyl (C=O) groups is 1. The molecule has 2 heterocycles. The first-order valence-corrected chi connectivity index (χ1v) is 15.7. The van der Waals surface area contributed by atoms with Gasteiger partial charge < -0.3 is 9.30 Å². The second-order valence-electron chi connectivity index (χ2n) is 8.98. The zero-order valence-electron chi connectivity index (χ0n) is 20.4. The standard InChI is InChI=1S/C24H29N3O6S3/c1-17-5-4-12-26(16-17)36(31,32)19-8-6-18(7-9-19)23(28)25-24-27(13-14-33-2)21-11-10-20(35(3,29)30)15-22(21)34-24/h6-11,15,17H,4-5,12-14,16H2,1-3H3. The Morgan fingerprint density at radius 3 is 2.44 bits per heavy atom. The summed E-state index contributed by atoms with van der Waals surface area (Å²) in [5.41, 5.74) is 1.00. The molecular formula is C24H29N3O6S3. The van der Waals surface area contributed by atoms with Crippen molar-refractivity contribution >= 4 is 47.3 Å². The van der Waals surface area contributed by atoms with Crippen LogP contribution in [-0.4, -0.2) is 64.7 Å². The zero-order valence-corrected chi connectivity index (χ0v) is 22.8. The summed E-state index contributed by atoms with van der Waals surface area (Å²) in [6, 6.07) is 10.6. The molecule has 3 aromatic rings. The van der Waals surface area contributed by atoms with Crippen molar-refractivity contribution in [2.45, 2.75) is 36.1 Å². The number of sulfone groups is 1. The molecule has 9 nitrogen and oxygen atoms in total. The molecule has 1 aliphatic rings. The molecule has 1 aromatic heterocycles. The summed E-state index contributed by atoms with van der Waals surface area (Å²) in [7, 11) is -5.44. The molecule has 12 heteroatoms. The van der Waals surface area contributed by atoms with Crippen LogP contribution in [0, 0.1) is 5.92 Å². The van der Waals surface area contributed by atoms with E-state index in [2.05, 4.69) is 4.99 Å². The molecule has 0 saturated carbocycles. The largest absolute Gasteiger partial charge is 0.383 e. The highest BCUT2D eigenvalue weighted by Gasteiger charge is 2.28. The van der Waals surface area contributed by atoms with E-state index in [9.17, 15) is 21.6 Å². The van der Waals surface area contributed by atoms with Gasteiger partial charge in [-0.2, -0.15) is 9.30 Å². The predicted molar refractivity (Wildman–Crippen MR) is 138 cm³/mol. The summed E-state index contributed by atoms with van der Waals surface area (Å²) in [6.07, 6.45) is 2.99. The summed E-state index contributed by atoms with van der Waals surface area (Å²) in [5.74, 6) is -0.209. The summed E-state index contributed by atoms with van der Waals surface area (Å²) in [5, 5.41) is 0. The van der Waals surface area contributed by atoms with Crippen molar-refractivity contribution in [1.82, 2.24) is 8.87 Å². The lowest BCUT2D eigenvalue weighted by Crippen LogP contribution is -2.39. The number of benzene rings is 2. The fourth-order valence-electron chi connectivity index (χ4n) is 4.20. The van der Waals surface area contributed by atoms with Gasteiger partial charge in [-0.25, -0.2) is 16.8 Å². The number of fused-ring (bicyclic) bond motifs is 1. The Labute approximate surface area is 215 Å². The number of rotatable bonds is 7. The lowest BCUT2D eigenvalue weighted by molar-refractivity contribution is 0.0997. The van der Waals surface area contributed by atoms with E-state index in [4.69, 9.17) is 4.74 Å². The van der Waals surface area contributed by atoms with Gasteiger partial charge in [0.1, 0.15) is 0 Å². The number of sulfonamides is 1. The smallest absolute Gasteiger partial charge is 0.279 e. The van der Waals surface area contributed by atoms with Gasteiger partial charge >= 0.3 is 0 Å². The van der Waals surface area contributed by atoms with Gasteiger partial charge in [0.25, 0.3) is 5.91 Å². The molecule has 194 valence electrons. The number of methoxy groups -OCH3 is 1. The SMILES string of the molecule is COCCn1c(=NC(=O)c2ccc(S(=O)(=O)N3CCCC(C)C3)cc2)sc2cc(S(C)(=O)=O)ccc21. The van der Waals surface area contributed by atoms with Crippen LogP contribution in [0.2, 0.25) is 0 Å². The van der Waals surface area contributed by atoms with E-state index in [0.717, 1.165) is 24.6 Å². The third-order valence-electron chi connectivity index (χ3n) is 6.16. The first kappa shape index (κ1) is 26.7. The van der Waals surface area contributed by atoms with E-state index < -0.39 is 25.8 Å².